The summed E-state index contributed by atoms with van der Waals surface area (Å²) in [5.74, 6) is -0.349. The summed E-state index contributed by atoms with van der Waals surface area (Å²) >= 11 is 0. The first kappa shape index (κ1) is 24.4. The number of H-pyrrole nitrogens is 1. The lowest BCUT2D eigenvalue weighted by atomic mass is 10.0. The highest BCUT2D eigenvalue weighted by atomic mass is 16.5. The van der Waals surface area contributed by atoms with Crippen LogP contribution in [-0.4, -0.2) is 57.0 Å². The van der Waals surface area contributed by atoms with Gasteiger partial charge in [0.25, 0.3) is 5.56 Å². The number of aromatic amines is 1. The summed E-state index contributed by atoms with van der Waals surface area (Å²) in [5.41, 5.74) is 2.15. The van der Waals surface area contributed by atoms with Crippen LogP contribution in [-0.2, 0) is 22.6 Å². The van der Waals surface area contributed by atoms with Crippen LogP contribution >= 0.6 is 0 Å². The van der Waals surface area contributed by atoms with Crippen molar-refractivity contribution in [1.82, 2.24) is 24.8 Å². The monoisotopic (exact) mass is 484 g/mol. The van der Waals surface area contributed by atoms with Gasteiger partial charge in [-0.1, -0.05) is 54.6 Å². The van der Waals surface area contributed by atoms with Crippen molar-refractivity contribution in [2.75, 3.05) is 14.1 Å². The molecule has 2 heterocycles. The molecule has 0 aliphatic rings. The van der Waals surface area contributed by atoms with Crippen molar-refractivity contribution < 1.29 is 14.3 Å². The van der Waals surface area contributed by atoms with Gasteiger partial charge in [0.15, 0.2) is 16.9 Å². The summed E-state index contributed by atoms with van der Waals surface area (Å²) in [6.45, 7) is -0.119. The Labute approximate surface area is 206 Å². The van der Waals surface area contributed by atoms with Crippen molar-refractivity contribution >= 4 is 35.2 Å². The van der Waals surface area contributed by atoms with Gasteiger partial charge >= 0.3 is 5.97 Å². The molecule has 0 spiro atoms. The predicted octanol–water partition coefficient (Wildman–Crippen LogP) is 2.84. The maximum atomic E-state index is 12.5. The molecule has 2 aromatic carbocycles. The summed E-state index contributed by atoms with van der Waals surface area (Å²) in [4.78, 5) is 57.9. The van der Waals surface area contributed by atoms with Crippen LogP contribution in [0.25, 0.3) is 11.2 Å². The van der Waals surface area contributed by atoms with E-state index in [0.29, 0.717) is 23.2 Å². The van der Waals surface area contributed by atoms with Crippen LogP contribution in [0.2, 0.25) is 0 Å². The fourth-order valence-corrected chi connectivity index (χ4v) is 3.30. The minimum atomic E-state index is -0.485. The predicted molar refractivity (Wildman–Crippen MR) is 134 cm³/mol. The van der Waals surface area contributed by atoms with Crippen LogP contribution in [0.1, 0.15) is 33.6 Å². The fraction of sp³-hybridized carbons (Fsp3) is 0.192. The minimum absolute atomic E-state index is 0.0393. The molecule has 0 radical (unpaired) electrons. The lowest BCUT2D eigenvalue weighted by Crippen LogP contribution is -2.13. The van der Waals surface area contributed by atoms with Crippen LogP contribution in [0.3, 0.4) is 0 Å². The van der Waals surface area contributed by atoms with E-state index in [2.05, 4.69) is 24.9 Å². The molecular weight excluding hydrogens is 460 g/mol. The third-order valence-electron chi connectivity index (χ3n) is 5.12. The standard InChI is InChI=1S/C26H24N6O4/c1-32(2)16-28-26-30-24-22(25(35)31-26)29-20(14-27-24)15-36-21(33)13-10-17-8-11-19(12-9-17)23(34)18-6-4-3-5-7-18/h3-9,11-12,14,16H,10,13,15H2,1-2H3,(H,27,30,31,35)/b28-16+. The number of rotatable bonds is 9. The molecule has 0 aliphatic carbocycles. The zero-order valence-electron chi connectivity index (χ0n) is 19.8. The van der Waals surface area contributed by atoms with E-state index in [1.165, 1.54) is 12.5 Å². The molecule has 0 aliphatic heterocycles. The van der Waals surface area contributed by atoms with Crippen molar-refractivity contribution in [2.24, 2.45) is 4.99 Å². The summed E-state index contributed by atoms with van der Waals surface area (Å²) < 4.78 is 5.29. The van der Waals surface area contributed by atoms with Gasteiger partial charge in [-0.25, -0.2) is 15.0 Å². The number of carbonyl (C=O) groups excluding carboxylic acids is 2. The molecule has 4 aromatic rings. The van der Waals surface area contributed by atoms with E-state index in [9.17, 15) is 14.4 Å². The first-order valence-electron chi connectivity index (χ1n) is 11.2. The minimum Gasteiger partial charge on any atom is -0.459 e. The third-order valence-corrected chi connectivity index (χ3v) is 5.12. The molecular formula is C26H24N6O4. The van der Waals surface area contributed by atoms with E-state index in [0.717, 1.165) is 5.56 Å². The highest BCUT2D eigenvalue weighted by molar-refractivity contribution is 6.08. The van der Waals surface area contributed by atoms with E-state index in [1.54, 1.807) is 43.3 Å². The Bertz CT molecular complexity index is 1460. The Hall–Kier alpha value is -4.73. The number of aliphatic imine (C=N–C) groups is 1. The highest BCUT2D eigenvalue weighted by Gasteiger charge is 2.11. The number of hydrogen-bond acceptors (Lipinski definition) is 8. The topological polar surface area (TPSA) is 130 Å². The normalized spacial score (nSPS) is 11.1. The second kappa shape index (κ2) is 11.1. The quantitative estimate of drug-likeness (QED) is 0.166. The maximum Gasteiger partial charge on any atom is 0.306 e. The molecule has 1 N–H and O–H groups in total. The van der Waals surface area contributed by atoms with Gasteiger partial charge in [-0.3, -0.25) is 19.4 Å². The van der Waals surface area contributed by atoms with Gasteiger partial charge in [-0.05, 0) is 12.0 Å². The Morgan fingerprint density at radius 1 is 1.03 bits per heavy atom. The summed E-state index contributed by atoms with van der Waals surface area (Å²) in [6.07, 6.45) is 3.53. The fourth-order valence-electron chi connectivity index (χ4n) is 3.30. The Morgan fingerprint density at radius 2 is 1.75 bits per heavy atom. The molecule has 4 rings (SSSR count). The lowest BCUT2D eigenvalue weighted by molar-refractivity contribution is -0.145. The van der Waals surface area contributed by atoms with E-state index in [1.807, 2.05) is 30.3 Å². The Balaban J connectivity index is 1.31. The molecule has 0 unspecified atom stereocenters. The molecule has 0 saturated carbocycles. The van der Waals surface area contributed by atoms with Crippen molar-refractivity contribution in [1.29, 1.82) is 0 Å². The number of fused-ring (bicyclic) bond motifs is 1. The van der Waals surface area contributed by atoms with E-state index < -0.39 is 11.5 Å². The number of esters is 1. The molecule has 0 saturated heterocycles. The van der Waals surface area contributed by atoms with Crippen LogP contribution < -0.4 is 5.56 Å². The number of ketones is 1. The van der Waals surface area contributed by atoms with Crippen LogP contribution in [0.5, 0.6) is 0 Å². The summed E-state index contributed by atoms with van der Waals surface area (Å²) in [7, 11) is 3.59. The first-order valence-corrected chi connectivity index (χ1v) is 11.2. The van der Waals surface area contributed by atoms with E-state index in [-0.39, 0.29) is 35.9 Å². The van der Waals surface area contributed by atoms with Gasteiger partial charge in [-0.2, -0.15) is 4.98 Å². The highest BCUT2D eigenvalue weighted by Crippen LogP contribution is 2.13. The summed E-state index contributed by atoms with van der Waals surface area (Å²) in [5, 5.41) is 0. The second-order valence-corrected chi connectivity index (χ2v) is 8.18. The summed E-state index contributed by atoms with van der Waals surface area (Å²) in [6, 6.07) is 16.2. The van der Waals surface area contributed by atoms with E-state index >= 15 is 0 Å². The average Bonchev–Trinajstić information content (AvgIpc) is 2.90. The van der Waals surface area contributed by atoms with Crippen LogP contribution in [0.15, 0.2) is 70.6 Å². The van der Waals surface area contributed by atoms with E-state index in [4.69, 9.17) is 4.74 Å². The molecule has 0 bridgehead atoms. The first-order chi connectivity index (χ1) is 17.4. The van der Waals surface area contributed by atoms with Gasteiger partial charge in [0, 0.05) is 31.6 Å². The van der Waals surface area contributed by atoms with Gasteiger partial charge in [0.2, 0.25) is 5.95 Å². The number of aromatic nitrogens is 4. The number of hydrogen-bond donors (Lipinski definition) is 1. The number of benzene rings is 2. The van der Waals surface area contributed by atoms with Crippen molar-refractivity contribution in [3.8, 4) is 0 Å². The van der Waals surface area contributed by atoms with Crippen LogP contribution in [0.4, 0.5) is 5.95 Å². The lowest BCUT2D eigenvalue weighted by Gasteiger charge is -2.06. The molecule has 36 heavy (non-hydrogen) atoms. The molecule has 182 valence electrons. The largest absolute Gasteiger partial charge is 0.459 e. The SMILES string of the molecule is CN(C)/C=N/c1nc2ncc(COC(=O)CCc3ccc(C(=O)c4ccccc4)cc3)nc2c(=O)[nH]1. The van der Waals surface area contributed by atoms with Gasteiger partial charge < -0.3 is 9.64 Å². The number of nitrogens with zero attached hydrogens (tertiary/aromatic N) is 5. The van der Waals surface area contributed by atoms with Crippen molar-refractivity contribution in [3.05, 3.63) is 93.5 Å². The van der Waals surface area contributed by atoms with Crippen molar-refractivity contribution in [3.63, 3.8) is 0 Å². The molecule has 0 fully saturated rings. The molecule has 0 amide bonds. The number of nitrogens with one attached hydrogen (secondary N) is 1. The molecule has 0 atom stereocenters. The third kappa shape index (κ3) is 6.23. The second-order valence-electron chi connectivity index (χ2n) is 8.18. The zero-order valence-corrected chi connectivity index (χ0v) is 19.8. The number of aryl methyl sites for hydroxylation is 1. The van der Waals surface area contributed by atoms with Crippen LogP contribution in [0, 0.1) is 0 Å². The van der Waals surface area contributed by atoms with Gasteiger partial charge in [0.05, 0.1) is 18.2 Å². The number of carbonyl (C=O) groups is 2. The van der Waals surface area contributed by atoms with Gasteiger partial charge in [0.1, 0.15) is 6.61 Å². The van der Waals surface area contributed by atoms with Crippen molar-refractivity contribution in [2.45, 2.75) is 19.4 Å². The molecule has 2 aromatic heterocycles. The maximum absolute atomic E-state index is 12.5. The zero-order chi connectivity index (χ0) is 25.5. The molecule has 10 nitrogen and oxygen atoms in total. The molecule has 10 heteroatoms. The number of ether oxygens (including phenoxy) is 1. The Kier molecular flexibility index (Phi) is 7.54. The Morgan fingerprint density at radius 3 is 2.47 bits per heavy atom. The smallest absolute Gasteiger partial charge is 0.306 e. The van der Waals surface area contributed by atoms with Gasteiger partial charge in [-0.15, -0.1) is 0 Å². The average molecular weight is 485 g/mol.